The quantitative estimate of drug-likeness (QED) is 0.794. The van der Waals surface area contributed by atoms with Crippen LogP contribution >= 0.6 is 0 Å². The van der Waals surface area contributed by atoms with E-state index in [2.05, 4.69) is 0 Å². The van der Waals surface area contributed by atoms with Crippen LogP contribution in [0.1, 0.15) is 15.9 Å². The number of ether oxygens (including phenoxy) is 1. The summed E-state index contributed by atoms with van der Waals surface area (Å²) in [5.41, 5.74) is 1.30. The number of amides is 1. The first-order valence-electron chi connectivity index (χ1n) is 7.68. The Bertz CT molecular complexity index is 872. The van der Waals surface area contributed by atoms with Gasteiger partial charge in [0.15, 0.2) is 0 Å². The summed E-state index contributed by atoms with van der Waals surface area (Å²) in [6.07, 6.45) is 0. The first-order chi connectivity index (χ1) is 11.6. The molecule has 0 heterocycles. The highest BCUT2D eigenvalue weighted by atomic mass is 16.5. The fourth-order valence-corrected chi connectivity index (χ4v) is 2.68. The first-order valence-corrected chi connectivity index (χ1v) is 7.68. The van der Waals surface area contributed by atoms with Gasteiger partial charge >= 0.3 is 0 Å². The van der Waals surface area contributed by atoms with E-state index in [0.29, 0.717) is 12.1 Å². The Labute approximate surface area is 140 Å². The number of methoxy groups -OCH3 is 1. The first kappa shape index (κ1) is 15.9. The number of aromatic hydroxyl groups is 1. The van der Waals surface area contributed by atoms with E-state index < -0.39 is 0 Å². The Morgan fingerprint density at radius 3 is 2.29 bits per heavy atom. The summed E-state index contributed by atoms with van der Waals surface area (Å²) < 4.78 is 5.13. The van der Waals surface area contributed by atoms with Crippen molar-refractivity contribution >= 4 is 16.7 Å². The normalized spacial score (nSPS) is 10.6. The zero-order valence-corrected chi connectivity index (χ0v) is 13.7. The number of fused-ring (bicyclic) bond motifs is 1. The second-order valence-electron chi connectivity index (χ2n) is 5.73. The minimum absolute atomic E-state index is 0.000260. The monoisotopic (exact) mass is 321 g/mol. The van der Waals surface area contributed by atoms with Crippen molar-refractivity contribution in [3.63, 3.8) is 0 Å². The number of hydrogen-bond donors (Lipinski definition) is 1. The Kier molecular flexibility index (Phi) is 4.38. The van der Waals surface area contributed by atoms with Crippen molar-refractivity contribution < 1.29 is 14.6 Å². The third-order valence-electron chi connectivity index (χ3n) is 4.02. The standard InChI is InChI=1S/C20H19NO3/c1-21(13-14-7-9-17(24-2)10-8-14)20(23)18-11-15-5-3-4-6-16(15)12-19(18)22/h3-12,22H,13H2,1-2H3. The highest BCUT2D eigenvalue weighted by Gasteiger charge is 2.17. The molecule has 0 spiro atoms. The van der Waals surface area contributed by atoms with Gasteiger partial charge in [0.25, 0.3) is 5.91 Å². The van der Waals surface area contributed by atoms with E-state index in [1.807, 2.05) is 48.5 Å². The lowest BCUT2D eigenvalue weighted by molar-refractivity contribution is 0.0782. The number of carbonyl (C=O) groups is 1. The van der Waals surface area contributed by atoms with Gasteiger partial charge in [-0.05, 0) is 40.6 Å². The molecule has 0 aliphatic carbocycles. The maximum absolute atomic E-state index is 12.7. The molecule has 0 aliphatic rings. The number of benzene rings is 3. The number of rotatable bonds is 4. The van der Waals surface area contributed by atoms with Crippen LogP contribution in [0, 0.1) is 0 Å². The summed E-state index contributed by atoms with van der Waals surface area (Å²) in [6, 6.07) is 18.6. The van der Waals surface area contributed by atoms with Crippen molar-refractivity contribution in [2.45, 2.75) is 6.54 Å². The average molecular weight is 321 g/mol. The van der Waals surface area contributed by atoms with Crippen LogP contribution in [-0.4, -0.2) is 30.1 Å². The van der Waals surface area contributed by atoms with Gasteiger partial charge in [0.1, 0.15) is 11.5 Å². The van der Waals surface area contributed by atoms with Crippen molar-refractivity contribution in [3.05, 3.63) is 71.8 Å². The second kappa shape index (κ2) is 6.62. The van der Waals surface area contributed by atoms with E-state index in [4.69, 9.17) is 4.74 Å². The number of phenolic OH excluding ortho intramolecular Hbond substituents is 1. The van der Waals surface area contributed by atoms with Crippen LogP contribution in [0.2, 0.25) is 0 Å². The molecule has 4 nitrogen and oxygen atoms in total. The molecular weight excluding hydrogens is 302 g/mol. The van der Waals surface area contributed by atoms with Crippen molar-refractivity contribution in [2.24, 2.45) is 0 Å². The van der Waals surface area contributed by atoms with Crippen LogP contribution in [-0.2, 0) is 6.54 Å². The predicted octanol–water partition coefficient (Wildman–Crippen LogP) is 3.83. The van der Waals surface area contributed by atoms with Gasteiger partial charge in [-0.1, -0.05) is 36.4 Å². The maximum atomic E-state index is 12.7. The highest BCUT2D eigenvalue weighted by molar-refractivity contribution is 6.01. The fraction of sp³-hybridized carbons (Fsp3) is 0.150. The lowest BCUT2D eigenvalue weighted by atomic mass is 10.0. The molecule has 24 heavy (non-hydrogen) atoms. The lowest BCUT2D eigenvalue weighted by Gasteiger charge is -2.18. The van der Waals surface area contributed by atoms with Crippen LogP contribution in [0.15, 0.2) is 60.7 Å². The molecule has 0 aromatic heterocycles. The Balaban J connectivity index is 1.83. The van der Waals surface area contributed by atoms with Crippen molar-refractivity contribution in [2.75, 3.05) is 14.2 Å². The van der Waals surface area contributed by atoms with Gasteiger partial charge < -0.3 is 14.7 Å². The zero-order valence-electron chi connectivity index (χ0n) is 13.7. The van der Waals surface area contributed by atoms with Gasteiger partial charge in [-0.25, -0.2) is 0 Å². The largest absolute Gasteiger partial charge is 0.507 e. The Morgan fingerprint density at radius 2 is 1.67 bits per heavy atom. The van der Waals surface area contributed by atoms with E-state index >= 15 is 0 Å². The summed E-state index contributed by atoms with van der Waals surface area (Å²) in [6.45, 7) is 0.453. The van der Waals surface area contributed by atoms with Gasteiger partial charge in [-0.2, -0.15) is 0 Å². The van der Waals surface area contributed by atoms with Gasteiger partial charge in [0.05, 0.1) is 12.7 Å². The summed E-state index contributed by atoms with van der Waals surface area (Å²) in [4.78, 5) is 14.3. The average Bonchev–Trinajstić information content (AvgIpc) is 2.61. The van der Waals surface area contributed by atoms with Gasteiger partial charge in [0.2, 0.25) is 0 Å². The summed E-state index contributed by atoms with van der Waals surface area (Å²) in [5.74, 6) is 0.564. The summed E-state index contributed by atoms with van der Waals surface area (Å²) >= 11 is 0. The molecule has 0 saturated heterocycles. The molecule has 0 unspecified atom stereocenters. The van der Waals surface area contributed by atoms with Gasteiger partial charge in [-0.3, -0.25) is 4.79 Å². The molecule has 0 fully saturated rings. The number of nitrogens with zero attached hydrogens (tertiary/aromatic N) is 1. The smallest absolute Gasteiger partial charge is 0.257 e. The molecule has 0 saturated carbocycles. The minimum atomic E-state index is -0.214. The van der Waals surface area contributed by atoms with Crippen molar-refractivity contribution in [1.82, 2.24) is 4.90 Å². The van der Waals surface area contributed by atoms with Crippen LogP contribution in [0.25, 0.3) is 10.8 Å². The van der Waals surface area contributed by atoms with E-state index in [9.17, 15) is 9.90 Å². The predicted molar refractivity (Wildman–Crippen MR) is 94.4 cm³/mol. The van der Waals surface area contributed by atoms with Crippen LogP contribution in [0.5, 0.6) is 11.5 Å². The molecule has 3 aromatic carbocycles. The van der Waals surface area contributed by atoms with Crippen molar-refractivity contribution in [1.29, 1.82) is 0 Å². The molecule has 0 bridgehead atoms. The Morgan fingerprint density at radius 1 is 1.04 bits per heavy atom. The molecule has 3 aromatic rings. The molecule has 1 amide bonds. The molecule has 122 valence electrons. The van der Waals surface area contributed by atoms with Gasteiger partial charge in [0, 0.05) is 13.6 Å². The van der Waals surface area contributed by atoms with E-state index in [1.165, 1.54) is 0 Å². The molecule has 0 atom stereocenters. The molecule has 3 rings (SSSR count). The van der Waals surface area contributed by atoms with Crippen molar-refractivity contribution in [3.8, 4) is 11.5 Å². The second-order valence-corrected chi connectivity index (χ2v) is 5.73. The zero-order chi connectivity index (χ0) is 17.1. The highest BCUT2D eigenvalue weighted by Crippen LogP contribution is 2.26. The molecule has 1 N–H and O–H groups in total. The number of hydrogen-bond acceptors (Lipinski definition) is 3. The summed E-state index contributed by atoms with van der Waals surface area (Å²) in [7, 11) is 3.34. The molecular formula is C20H19NO3. The third-order valence-corrected chi connectivity index (χ3v) is 4.02. The summed E-state index contributed by atoms with van der Waals surface area (Å²) in [5, 5.41) is 12.0. The molecule has 4 heteroatoms. The molecule has 0 radical (unpaired) electrons. The van der Waals surface area contributed by atoms with E-state index in [0.717, 1.165) is 22.1 Å². The SMILES string of the molecule is COc1ccc(CN(C)C(=O)c2cc3ccccc3cc2O)cc1. The third kappa shape index (κ3) is 3.18. The maximum Gasteiger partial charge on any atom is 0.257 e. The van der Waals surface area contributed by atoms with Crippen LogP contribution < -0.4 is 4.74 Å². The lowest BCUT2D eigenvalue weighted by Crippen LogP contribution is -2.26. The van der Waals surface area contributed by atoms with Crippen LogP contribution in [0.3, 0.4) is 0 Å². The number of carbonyl (C=O) groups excluding carboxylic acids is 1. The molecule has 0 aliphatic heterocycles. The fourth-order valence-electron chi connectivity index (χ4n) is 2.68. The van der Waals surface area contributed by atoms with E-state index in [-0.39, 0.29) is 11.7 Å². The van der Waals surface area contributed by atoms with Gasteiger partial charge in [-0.15, -0.1) is 0 Å². The van der Waals surface area contributed by atoms with E-state index in [1.54, 1.807) is 31.2 Å². The minimum Gasteiger partial charge on any atom is -0.507 e. The Hall–Kier alpha value is -3.01. The topological polar surface area (TPSA) is 49.8 Å². The van der Waals surface area contributed by atoms with Crippen LogP contribution in [0.4, 0.5) is 0 Å². The number of phenols is 1.